The van der Waals surface area contributed by atoms with Gasteiger partial charge in [0.15, 0.2) is 17.3 Å². The number of rotatable bonds is 4. The van der Waals surface area contributed by atoms with E-state index >= 15 is 0 Å². The number of methoxy groups -OCH3 is 1. The summed E-state index contributed by atoms with van der Waals surface area (Å²) in [5.74, 6) is 2.13. The lowest BCUT2D eigenvalue weighted by molar-refractivity contribution is 0.414. The van der Waals surface area contributed by atoms with Crippen molar-refractivity contribution < 1.29 is 9.15 Å². The van der Waals surface area contributed by atoms with Crippen molar-refractivity contribution in [3.8, 4) is 17.2 Å². The molecule has 0 amide bonds. The number of aliphatic imine (C=N–C) groups is 1. The Bertz CT molecular complexity index is 1050. The molecule has 0 aliphatic rings. The van der Waals surface area contributed by atoms with Crippen molar-refractivity contribution in [2.45, 2.75) is 0 Å². The molecule has 0 N–H and O–H groups in total. The second kappa shape index (κ2) is 6.57. The van der Waals surface area contributed by atoms with Crippen molar-refractivity contribution in [2.75, 3.05) is 7.11 Å². The molecule has 0 aliphatic carbocycles. The van der Waals surface area contributed by atoms with Gasteiger partial charge in [-0.2, -0.15) is 0 Å². The first-order chi connectivity index (χ1) is 12.3. The van der Waals surface area contributed by atoms with Gasteiger partial charge in [-0.1, -0.05) is 22.0 Å². The van der Waals surface area contributed by atoms with Crippen molar-refractivity contribution >= 4 is 33.6 Å². The minimum Gasteiger partial charge on any atom is -0.496 e. The monoisotopic (exact) mass is 395 g/mol. The summed E-state index contributed by atoms with van der Waals surface area (Å²) in [6.07, 6.45) is 5.33. The molecule has 0 saturated carbocycles. The SMILES string of the molecule is COc1ccc(Br)cc1/C=N/c1c(-c2ccco2)nc2ccccn12. The highest BCUT2D eigenvalue weighted by molar-refractivity contribution is 9.10. The van der Waals surface area contributed by atoms with Gasteiger partial charge in [0, 0.05) is 22.4 Å². The van der Waals surface area contributed by atoms with Crippen LogP contribution in [0.4, 0.5) is 5.82 Å². The van der Waals surface area contributed by atoms with Crippen LogP contribution in [0.1, 0.15) is 5.56 Å². The van der Waals surface area contributed by atoms with Gasteiger partial charge in [0.1, 0.15) is 11.4 Å². The number of furan rings is 1. The number of ether oxygens (including phenoxy) is 1. The van der Waals surface area contributed by atoms with Crippen LogP contribution in [0.3, 0.4) is 0 Å². The predicted molar refractivity (Wildman–Crippen MR) is 101 cm³/mol. The van der Waals surface area contributed by atoms with Gasteiger partial charge in [0.25, 0.3) is 0 Å². The molecule has 124 valence electrons. The van der Waals surface area contributed by atoms with Gasteiger partial charge in [-0.15, -0.1) is 0 Å². The summed E-state index contributed by atoms with van der Waals surface area (Å²) in [7, 11) is 1.64. The lowest BCUT2D eigenvalue weighted by atomic mass is 10.2. The number of nitrogens with zero attached hydrogens (tertiary/aromatic N) is 3. The maximum Gasteiger partial charge on any atom is 0.168 e. The Labute approximate surface area is 152 Å². The van der Waals surface area contributed by atoms with Crippen LogP contribution in [-0.2, 0) is 0 Å². The Morgan fingerprint density at radius 3 is 2.92 bits per heavy atom. The molecule has 4 rings (SSSR count). The molecule has 0 aliphatic heterocycles. The van der Waals surface area contributed by atoms with Crippen LogP contribution < -0.4 is 4.74 Å². The molecule has 3 heterocycles. The Kier molecular flexibility index (Phi) is 4.11. The summed E-state index contributed by atoms with van der Waals surface area (Å²) in [6, 6.07) is 15.3. The van der Waals surface area contributed by atoms with Crippen LogP contribution in [0.2, 0.25) is 0 Å². The minimum absolute atomic E-state index is 0.678. The van der Waals surface area contributed by atoms with Gasteiger partial charge in [-0.25, -0.2) is 9.98 Å². The lowest BCUT2D eigenvalue weighted by Gasteiger charge is -2.04. The predicted octanol–water partition coefficient (Wildman–Crippen LogP) is 5.12. The van der Waals surface area contributed by atoms with Gasteiger partial charge >= 0.3 is 0 Å². The second-order valence-corrected chi connectivity index (χ2v) is 6.25. The third-order valence-corrected chi connectivity index (χ3v) is 4.27. The fourth-order valence-corrected chi connectivity index (χ4v) is 3.00. The topological polar surface area (TPSA) is 52.0 Å². The van der Waals surface area contributed by atoms with Crippen molar-refractivity contribution in [3.05, 3.63) is 71.0 Å². The number of pyridine rings is 1. The molecule has 0 unspecified atom stereocenters. The molecule has 0 saturated heterocycles. The fourth-order valence-electron chi connectivity index (χ4n) is 2.62. The fraction of sp³-hybridized carbons (Fsp3) is 0.0526. The Morgan fingerprint density at radius 1 is 1.20 bits per heavy atom. The van der Waals surface area contributed by atoms with Crippen molar-refractivity contribution in [1.82, 2.24) is 9.38 Å². The number of benzene rings is 1. The Morgan fingerprint density at radius 2 is 2.12 bits per heavy atom. The largest absolute Gasteiger partial charge is 0.496 e. The van der Waals surface area contributed by atoms with Gasteiger partial charge in [0.2, 0.25) is 0 Å². The highest BCUT2D eigenvalue weighted by Crippen LogP contribution is 2.31. The zero-order chi connectivity index (χ0) is 17.2. The molecule has 6 heteroatoms. The first kappa shape index (κ1) is 15.7. The van der Waals surface area contributed by atoms with Crippen LogP contribution in [0.25, 0.3) is 17.1 Å². The Balaban J connectivity index is 1.86. The average molecular weight is 396 g/mol. The van der Waals surface area contributed by atoms with E-state index in [9.17, 15) is 0 Å². The quantitative estimate of drug-likeness (QED) is 0.450. The summed E-state index contributed by atoms with van der Waals surface area (Å²) < 4.78 is 13.8. The van der Waals surface area contributed by atoms with E-state index in [2.05, 4.69) is 25.9 Å². The summed E-state index contributed by atoms with van der Waals surface area (Å²) in [5, 5.41) is 0. The molecule has 0 bridgehead atoms. The third-order valence-electron chi connectivity index (χ3n) is 3.78. The summed E-state index contributed by atoms with van der Waals surface area (Å²) >= 11 is 3.48. The van der Waals surface area contributed by atoms with E-state index in [0.29, 0.717) is 17.3 Å². The van der Waals surface area contributed by atoms with Crippen LogP contribution in [0, 0.1) is 0 Å². The standard InChI is InChI=1S/C19H14BrN3O2/c1-24-15-8-7-14(20)11-13(15)12-21-19-18(16-5-4-10-25-16)22-17-6-2-3-9-23(17)19/h2-12H,1H3/b21-12+. The molecule has 0 radical (unpaired) electrons. The lowest BCUT2D eigenvalue weighted by Crippen LogP contribution is -1.91. The zero-order valence-corrected chi connectivity index (χ0v) is 15.0. The van der Waals surface area contributed by atoms with Crippen LogP contribution >= 0.6 is 15.9 Å². The highest BCUT2D eigenvalue weighted by atomic mass is 79.9. The van der Waals surface area contributed by atoms with E-state index < -0.39 is 0 Å². The Hall–Kier alpha value is -2.86. The molecular weight excluding hydrogens is 382 g/mol. The van der Waals surface area contributed by atoms with Crippen molar-refractivity contribution in [3.63, 3.8) is 0 Å². The second-order valence-electron chi connectivity index (χ2n) is 5.33. The van der Waals surface area contributed by atoms with Gasteiger partial charge in [-0.3, -0.25) is 4.40 Å². The number of fused-ring (bicyclic) bond motifs is 1. The summed E-state index contributed by atoms with van der Waals surface area (Å²) in [6.45, 7) is 0. The van der Waals surface area contributed by atoms with E-state index in [1.54, 1.807) is 19.6 Å². The number of imidazole rings is 1. The van der Waals surface area contributed by atoms with Gasteiger partial charge in [0.05, 0.1) is 13.4 Å². The zero-order valence-electron chi connectivity index (χ0n) is 13.4. The molecule has 5 nitrogen and oxygen atoms in total. The van der Waals surface area contributed by atoms with E-state index in [4.69, 9.17) is 9.15 Å². The first-order valence-electron chi connectivity index (χ1n) is 7.65. The van der Waals surface area contributed by atoms with Crippen LogP contribution in [-0.4, -0.2) is 22.7 Å². The summed E-state index contributed by atoms with van der Waals surface area (Å²) in [4.78, 5) is 9.33. The van der Waals surface area contributed by atoms with E-state index in [1.165, 1.54) is 0 Å². The van der Waals surface area contributed by atoms with Crippen molar-refractivity contribution in [1.29, 1.82) is 0 Å². The molecular formula is C19H14BrN3O2. The molecule has 0 fully saturated rings. The van der Waals surface area contributed by atoms with Crippen LogP contribution in [0.5, 0.6) is 5.75 Å². The average Bonchev–Trinajstić information content (AvgIpc) is 3.27. The maximum absolute atomic E-state index is 5.52. The van der Waals surface area contributed by atoms with E-state index in [0.717, 1.165) is 21.4 Å². The summed E-state index contributed by atoms with van der Waals surface area (Å²) in [5.41, 5.74) is 2.37. The molecule has 25 heavy (non-hydrogen) atoms. The molecule has 4 aromatic rings. The van der Waals surface area contributed by atoms with Gasteiger partial charge in [-0.05, 0) is 42.5 Å². The smallest absolute Gasteiger partial charge is 0.168 e. The highest BCUT2D eigenvalue weighted by Gasteiger charge is 2.15. The molecule has 3 aromatic heterocycles. The molecule has 0 spiro atoms. The number of aromatic nitrogens is 2. The minimum atomic E-state index is 0.678. The van der Waals surface area contributed by atoms with Gasteiger partial charge < -0.3 is 9.15 Å². The number of hydrogen-bond donors (Lipinski definition) is 0. The maximum atomic E-state index is 5.52. The van der Waals surface area contributed by atoms with Crippen LogP contribution in [0.15, 0.2) is 74.9 Å². The van der Waals surface area contributed by atoms with E-state index in [-0.39, 0.29) is 0 Å². The normalized spacial score (nSPS) is 11.4. The van der Waals surface area contributed by atoms with Crippen molar-refractivity contribution in [2.24, 2.45) is 4.99 Å². The van der Waals surface area contributed by atoms with E-state index in [1.807, 2.05) is 59.1 Å². The number of halogens is 1. The number of hydrogen-bond acceptors (Lipinski definition) is 4. The third kappa shape index (κ3) is 2.96. The molecule has 0 atom stereocenters. The molecule has 1 aromatic carbocycles. The first-order valence-corrected chi connectivity index (χ1v) is 8.44.